The first-order valence-corrected chi connectivity index (χ1v) is 10.2. The fourth-order valence-electron chi connectivity index (χ4n) is 2.70. The Morgan fingerprint density at radius 2 is 1.77 bits per heavy atom. The van der Waals surface area contributed by atoms with Crippen molar-refractivity contribution in [3.8, 4) is 0 Å². The van der Waals surface area contributed by atoms with E-state index in [2.05, 4.69) is 5.32 Å². The number of benzene rings is 2. The van der Waals surface area contributed by atoms with Crippen molar-refractivity contribution in [2.24, 2.45) is 0 Å². The third-order valence-corrected chi connectivity index (χ3v) is 5.98. The summed E-state index contributed by atoms with van der Waals surface area (Å²) in [5, 5.41) is 11.0. The zero-order valence-electron chi connectivity index (χ0n) is 15.2. The second kappa shape index (κ2) is 9.34. The summed E-state index contributed by atoms with van der Waals surface area (Å²) in [4.78, 5) is 49.0. The second-order valence-electron chi connectivity index (χ2n) is 6.16. The number of nitrogens with zero attached hydrogens (tertiary/aromatic N) is 1. The average molecular weight is 465 g/mol. The molecule has 0 radical (unpaired) electrons. The number of anilines is 2. The average Bonchev–Trinajstić information content (AvgIpc) is 2.97. The van der Waals surface area contributed by atoms with E-state index in [4.69, 9.17) is 28.3 Å². The Labute approximate surface area is 185 Å². The Kier molecular flexibility index (Phi) is 6.81. The van der Waals surface area contributed by atoms with Crippen LogP contribution < -0.4 is 10.2 Å². The summed E-state index contributed by atoms with van der Waals surface area (Å²) >= 11 is 13.1. The molecule has 3 rings (SSSR count). The molecule has 2 aromatic rings. The maximum atomic E-state index is 12.8. The highest BCUT2D eigenvalue weighted by molar-refractivity contribution is 8.00. The molecule has 1 unspecified atom stereocenters. The number of nitrogens with one attached hydrogen (secondary N) is 1. The summed E-state index contributed by atoms with van der Waals surface area (Å²) in [5.74, 6) is -2.47. The van der Waals surface area contributed by atoms with Crippen LogP contribution in [-0.2, 0) is 19.2 Å². The third-order valence-electron chi connectivity index (χ3n) is 4.04. The molecule has 10 heteroatoms. The van der Waals surface area contributed by atoms with E-state index in [1.54, 1.807) is 30.3 Å². The van der Waals surface area contributed by atoms with E-state index < -0.39 is 17.1 Å². The first-order valence-electron chi connectivity index (χ1n) is 8.55. The topological polar surface area (TPSA) is 104 Å². The number of aliphatic carboxylic acids is 1. The Balaban J connectivity index is 1.66. The summed E-state index contributed by atoms with van der Waals surface area (Å²) in [5.41, 5.74) is 0.834. The van der Waals surface area contributed by atoms with Crippen molar-refractivity contribution in [2.75, 3.05) is 10.2 Å². The summed E-state index contributed by atoms with van der Waals surface area (Å²) in [6, 6.07) is 11.2. The predicted molar refractivity (Wildman–Crippen MR) is 115 cm³/mol. The lowest BCUT2D eigenvalue weighted by molar-refractivity contribution is -0.131. The van der Waals surface area contributed by atoms with Gasteiger partial charge in [0.25, 0.3) is 0 Å². The van der Waals surface area contributed by atoms with E-state index in [-0.39, 0.29) is 23.3 Å². The Bertz CT molecular complexity index is 1060. The van der Waals surface area contributed by atoms with E-state index >= 15 is 0 Å². The molecule has 0 aliphatic carbocycles. The molecule has 2 aromatic carbocycles. The standard InChI is InChI=1S/C20H14Cl2N2O5S/c21-14-6-3-12(9-15(14)22)24-18(26)10-16(20(24)29)30-13-4-1-11(2-5-13)23-17(25)7-8-19(27)28/h1-9,16H,10H2,(H,23,25)(H,27,28)/b8-7+. The maximum absolute atomic E-state index is 12.8. The van der Waals surface area contributed by atoms with Gasteiger partial charge in [0, 0.05) is 29.2 Å². The van der Waals surface area contributed by atoms with Crippen molar-refractivity contribution < 1.29 is 24.3 Å². The van der Waals surface area contributed by atoms with Gasteiger partial charge in [-0.3, -0.25) is 14.4 Å². The van der Waals surface area contributed by atoms with Crippen LogP contribution in [0.3, 0.4) is 0 Å². The lowest BCUT2D eigenvalue weighted by atomic mass is 10.3. The lowest BCUT2D eigenvalue weighted by Gasteiger charge is -2.15. The summed E-state index contributed by atoms with van der Waals surface area (Å²) < 4.78 is 0. The SMILES string of the molecule is O=C(O)/C=C/C(=O)Nc1ccc(SC2CC(=O)N(c3ccc(Cl)c(Cl)c3)C2=O)cc1. The van der Waals surface area contributed by atoms with Crippen LogP contribution in [0.15, 0.2) is 59.5 Å². The molecule has 1 saturated heterocycles. The van der Waals surface area contributed by atoms with Gasteiger partial charge in [-0.15, -0.1) is 11.8 Å². The van der Waals surface area contributed by atoms with Crippen LogP contribution in [0.2, 0.25) is 10.0 Å². The quantitative estimate of drug-likeness (QED) is 0.494. The summed E-state index contributed by atoms with van der Waals surface area (Å²) in [6.07, 6.45) is 1.69. The molecule has 1 aliphatic heterocycles. The highest BCUT2D eigenvalue weighted by atomic mass is 35.5. The van der Waals surface area contributed by atoms with Gasteiger partial charge in [-0.1, -0.05) is 23.2 Å². The molecule has 3 amide bonds. The number of hydrogen-bond donors (Lipinski definition) is 2. The number of carbonyl (C=O) groups is 4. The fraction of sp³-hybridized carbons (Fsp3) is 0.100. The van der Waals surface area contributed by atoms with Crippen molar-refractivity contribution >= 4 is 70.0 Å². The minimum Gasteiger partial charge on any atom is -0.478 e. The number of thioether (sulfide) groups is 1. The molecule has 2 N–H and O–H groups in total. The minimum atomic E-state index is -1.22. The van der Waals surface area contributed by atoms with Gasteiger partial charge in [0.1, 0.15) is 0 Å². The summed E-state index contributed by atoms with van der Waals surface area (Å²) in [7, 11) is 0. The molecule has 1 aliphatic rings. The van der Waals surface area contributed by atoms with Gasteiger partial charge in [-0.25, -0.2) is 9.69 Å². The number of rotatable bonds is 6. The van der Waals surface area contributed by atoms with Crippen molar-refractivity contribution in [1.29, 1.82) is 0 Å². The van der Waals surface area contributed by atoms with Gasteiger partial charge in [0.15, 0.2) is 0 Å². The molecule has 0 bridgehead atoms. The van der Waals surface area contributed by atoms with Gasteiger partial charge in [-0.2, -0.15) is 0 Å². The van der Waals surface area contributed by atoms with Crippen molar-refractivity contribution in [3.63, 3.8) is 0 Å². The van der Waals surface area contributed by atoms with Crippen LogP contribution in [0.1, 0.15) is 6.42 Å². The normalized spacial score (nSPS) is 16.3. The Hall–Kier alpha value is -2.81. The first-order chi connectivity index (χ1) is 14.2. The van der Waals surface area contributed by atoms with Gasteiger partial charge in [0.2, 0.25) is 17.7 Å². The Morgan fingerprint density at radius 1 is 1.07 bits per heavy atom. The van der Waals surface area contributed by atoms with Gasteiger partial charge < -0.3 is 10.4 Å². The van der Waals surface area contributed by atoms with Gasteiger partial charge >= 0.3 is 5.97 Å². The second-order valence-corrected chi connectivity index (χ2v) is 8.25. The number of amides is 3. The molecule has 0 saturated carbocycles. The highest BCUT2D eigenvalue weighted by Gasteiger charge is 2.40. The molecular weight excluding hydrogens is 451 g/mol. The summed E-state index contributed by atoms with van der Waals surface area (Å²) in [6.45, 7) is 0. The molecule has 1 atom stereocenters. The van der Waals surface area contributed by atoms with Crippen molar-refractivity contribution in [1.82, 2.24) is 0 Å². The smallest absolute Gasteiger partial charge is 0.328 e. The molecule has 0 spiro atoms. The molecule has 154 valence electrons. The van der Waals surface area contributed by atoms with Crippen LogP contribution in [0, 0.1) is 0 Å². The maximum Gasteiger partial charge on any atom is 0.328 e. The molecular formula is C20H14Cl2N2O5S. The molecule has 30 heavy (non-hydrogen) atoms. The first kappa shape index (κ1) is 21.9. The largest absolute Gasteiger partial charge is 0.478 e. The van der Waals surface area contributed by atoms with Gasteiger partial charge in [-0.05, 0) is 42.5 Å². The van der Waals surface area contributed by atoms with E-state index in [9.17, 15) is 19.2 Å². The Morgan fingerprint density at radius 3 is 2.40 bits per heavy atom. The van der Waals surface area contributed by atoms with Crippen molar-refractivity contribution in [3.05, 3.63) is 64.7 Å². The number of carbonyl (C=O) groups excluding carboxylic acids is 3. The zero-order chi connectivity index (χ0) is 21.8. The number of halogens is 2. The highest BCUT2D eigenvalue weighted by Crippen LogP contribution is 2.36. The van der Waals surface area contributed by atoms with Crippen LogP contribution in [-0.4, -0.2) is 34.0 Å². The van der Waals surface area contributed by atoms with Crippen LogP contribution >= 0.6 is 35.0 Å². The van der Waals surface area contributed by atoms with E-state index in [1.807, 2.05) is 0 Å². The van der Waals surface area contributed by atoms with Crippen LogP contribution in [0.4, 0.5) is 11.4 Å². The van der Waals surface area contributed by atoms with E-state index in [1.165, 1.54) is 23.9 Å². The van der Waals surface area contributed by atoms with Crippen molar-refractivity contribution in [2.45, 2.75) is 16.6 Å². The number of imide groups is 1. The van der Waals surface area contributed by atoms with E-state index in [0.29, 0.717) is 16.4 Å². The fourth-order valence-corrected chi connectivity index (χ4v) is 4.05. The monoisotopic (exact) mass is 464 g/mol. The van der Waals surface area contributed by atoms with Crippen LogP contribution in [0.25, 0.3) is 0 Å². The zero-order valence-corrected chi connectivity index (χ0v) is 17.5. The molecule has 7 nitrogen and oxygen atoms in total. The predicted octanol–water partition coefficient (Wildman–Crippen LogP) is 4.00. The number of carboxylic acid groups (broad SMARTS) is 1. The third kappa shape index (κ3) is 5.21. The number of carboxylic acids is 1. The van der Waals surface area contributed by atoms with Crippen LogP contribution in [0.5, 0.6) is 0 Å². The molecule has 1 heterocycles. The number of hydrogen-bond acceptors (Lipinski definition) is 5. The molecule has 0 aromatic heterocycles. The van der Waals surface area contributed by atoms with E-state index in [0.717, 1.165) is 21.9 Å². The minimum absolute atomic E-state index is 0.0439. The van der Waals surface area contributed by atoms with Gasteiger partial charge in [0.05, 0.1) is 21.0 Å². The molecule has 1 fully saturated rings. The lowest BCUT2D eigenvalue weighted by Crippen LogP contribution is -2.31.